The number of hydrogen-bond acceptors (Lipinski definition) is 3. The molecule has 6 heteroatoms. The number of rotatable bonds is 8. The summed E-state index contributed by atoms with van der Waals surface area (Å²) in [6.07, 6.45) is 2.39. The summed E-state index contributed by atoms with van der Waals surface area (Å²) >= 11 is 0. The normalized spacial score (nSPS) is 12.7. The van der Waals surface area contributed by atoms with Crippen LogP contribution in [0.5, 0.6) is 0 Å². The quantitative estimate of drug-likeness (QED) is 0.462. The topological polar surface area (TPSA) is 71.9 Å². The lowest BCUT2D eigenvalue weighted by Gasteiger charge is -2.20. The molecule has 0 saturated heterocycles. The number of fused-ring (bicyclic) bond motifs is 2. The summed E-state index contributed by atoms with van der Waals surface area (Å²) in [6, 6.07) is 15.9. The smallest absolute Gasteiger partial charge is 0.225 e. The van der Waals surface area contributed by atoms with Crippen molar-refractivity contribution >= 4 is 27.8 Å². The number of aromatic nitrogens is 3. The molecule has 1 unspecified atom stereocenters. The average molecular weight is 405 g/mol. The van der Waals surface area contributed by atoms with Crippen LogP contribution in [0.3, 0.4) is 0 Å². The third-order valence-corrected chi connectivity index (χ3v) is 5.44. The number of para-hydroxylation sites is 3. The Morgan fingerprint density at radius 3 is 2.70 bits per heavy atom. The third-order valence-electron chi connectivity index (χ3n) is 5.44. The number of benzene rings is 2. The molecule has 2 N–H and O–H groups in total. The number of methoxy groups -OCH3 is 1. The zero-order chi connectivity index (χ0) is 21.1. The van der Waals surface area contributed by atoms with E-state index in [2.05, 4.69) is 47.0 Å². The molecule has 2 aromatic heterocycles. The van der Waals surface area contributed by atoms with Crippen LogP contribution in [0.2, 0.25) is 0 Å². The van der Waals surface area contributed by atoms with Gasteiger partial charge in [-0.2, -0.15) is 0 Å². The Morgan fingerprint density at radius 1 is 1.17 bits per heavy atom. The molecule has 4 rings (SSSR count). The van der Waals surface area contributed by atoms with Crippen LogP contribution in [0.4, 0.5) is 0 Å². The van der Waals surface area contributed by atoms with Gasteiger partial charge in [0.05, 0.1) is 30.1 Å². The molecule has 0 aliphatic heterocycles. The number of aromatic amines is 1. The molecule has 0 radical (unpaired) electrons. The first kappa shape index (κ1) is 20.2. The molecule has 0 fully saturated rings. The van der Waals surface area contributed by atoms with Gasteiger partial charge in [-0.25, -0.2) is 4.98 Å². The maximum absolute atomic E-state index is 13.0. The van der Waals surface area contributed by atoms with Crippen molar-refractivity contribution in [3.05, 3.63) is 66.1 Å². The fourth-order valence-electron chi connectivity index (χ4n) is 3.91. The van der Waals surface area contributed by atoms with Crippen LogP contribution in [0, 0.1) is 5.92 Å². The van der Waals surface area contributed by atoms with E-state index in [0.29, 0.717) is 13.0 Å². The molecule has 1 atom stereocenters. The molecule has 0 aliphatic rings. The fourth-order valence-corrected chi connectivity index (χ4v) is 3.91. The minimum absolute atomic E-state index is 0.0104. The van der Waals surface area contributed by atoms with E-state index in [1.54, 1.807) is 7.11 Å². The summed E-state index contributed by atoms with van der Waals surface area (Å²) in [4.78, 5) is 21.0. The van der Waals surface area contributed by atoms with Crippen molar-refractivity contribution in [1.29, 1.82) is 0 Å². The zero-order valence-electron chi connectivity index (χ0n) is 17.7. The third kappa shape index (κ3) is 4.09. The molecule has 0 saturated carbocycles. The number of carbonyl (C=O) groups is 1. The van der Waals surface area contributed by atoms with Crippen LogP contribution in [0.25, 0.3) is 21.9 Å². The minimum atomic E-state index is -0.174. The fraction of sp³-hybridized carbons (Fsp3) is 0.333. The number of amides is 1. The van der Waals surface area contributed by atoms with Gasteiger partial charge in [-0.15, -0.1) is 0 Å². The summed E-state index contributed by atoms with van der Waals surface area (Å²) < 4.78 is 7.38. The van der Waals surface area contributed by atoms with E-state index in [0.717, 1.165) is 39.9 Å². The number of nitrogens with one attached hydrogen (secondary N) is 2. The van der Waals surface area contributed by atoms with Crippen LogP contribution in [0.1, 0.15) is 31.3 Å². The molecule has 156 valence electrons. The highest BCUT2D eigenvalue weighted by Crippen LogP contribution is 2.24. The monoisotopic (exact) mass is 404 g/mol. The van der Waals surface area contributed by atoms with Gasteiger partial charge in [0, 0.05) is 30.8 Å². The first-order valence-corrected chi connectivity index (χ1v) is 10.4. The number of carbonyl (C=O) groups excluding carboxylic acids is 1. The van der Waals surface area contributed by atoms with Crippen LogP contribution >= 0.6 is 0 Å². The summed E-state index contributed by atoms with van der Waals surface area (Å²) in [6.45, 7) is 5.57. The van der Waals surface area contributed by atoms with Gasteiger partial charge in [-0.05, 0) is 29.7 Å². The molecule has 0 aliphatic carbocycles. The van der Waals surface area contributed by atoms with E-state index in [1.807, 2.05) is 36.4 Å². The second-order valence-corrected chi connectivity index (χ2v) is 7.96. The van der Waals surface area contributed by atoms with E-state index in [4.69, 9.17) is 9.72 Å². The van der Waals surface area contributed by atoms with Gasteiger partial charge in [0.15, 0.2) is 0 Å². The van der Waals surface area contributed by atoms with Gasteiger partial charge >= 0.3 is 0 Å². The summed E-state index contributed by atoms with van der Waals surface area (Å²) in [5, 5.41) is 4.30. The van der Waals surface area contributed by atoms with Gasteiger partial charge in [-0.1, -0.05) is 44.2 Å². The second kappa shape index (κ2) is 8.71. The Balaban J connectivity index is 1.55. The molecule has 2 heterocycles. The van der Waals surface area contributed by atoms with Crippen molar-refractivity contribution in [2.45, 2.75) is 32.9 Å². The SMILES string of the molecule is COCCn1cc(CC(=O)NC(c2nc3ccccc3[nH]2)C(C)C)c2ccccc21. The van der Waals surface area contributed by atoms with Gasteiger partial charge in [0.2, 0.25) is 5.91 Å². The van der Waals surface area contributed by atoms with Crippen LogP contribution in [0.15, 0.2) is 54.7 Å². The van der Waals surface area contributed by atoms with Gasteiger partial charge in [0.25, 0.3) is 0 Å². The highest BCUT2D eigenvalue weighted by atomic mass is 16.5. The lowest BCUT2D eigenvalue weighted by molar-refractivity contribution is -0.121. The summed E-state index contributed by atoms with van der Waals surface area (Å²) in [7, 11) is 1.70. The van der Waals surface area contributed by atoms with Crippen molar-refractivity contribution < 1.29 is 9.53 Å². The number of imidazole rings is 1. The van der Waals surface area contributed by atoms with Crippen molar-refractivity contribution in [3.63, 3.8) is 0 Å². The van der Waals surface area contributed by atoms with Crippen molar-refractivity contribution in [2.24, 2.45) is 5.92 Å². The van der Waals surface area contributed by atoms with Crippen LogP contribution in [-0.4, -0.2) is 34.2 Å². The standard InChI is InChI=1S/C24H28N4O2/c1-16(2)23(24-25-19-9-5-6-10-20(19)26-24)27-22(29)14-17-15-28(12-13-30-3)21-11-7-4-8-18(17)21/h4-11,15-16,23H,12-14H2,1-3H3,(H,25,26)(H,27,29). The number of hydrogen-bond donors (Lipinski definition) is 2. The van der Waals surface area contributed by atoms with E-state index in [9.17, 15) is 4.79 Å². The Kier molecular flexibility index (Phi) is 5.86. The average Bonchev–Trinajstić information content (AvgIpc) is 3.32. The molecular formula is C24H28N4O2. The molecule has 1 amide bonds. The van der Waals surface area contributed by atoms with Crippen molar-refractivity contribution in [3.8, 4) is 0 Å². The molecule has 2 aromatic carbocycles. The van der Waals surface area contributed by atoms with Crippen molar-refractivity contribution in [1.82, 2.24) is 19.9 Å². The molecule has 6 nitrogen and oxygen atoms in total. The molecule has 30 heavy (non-hydrogen) atoms. The number of nitrogens with zero attached hydrogens (tertiary/aromatic N) is 2. The lowest BCUT2D eigenvalue weighted by Crippen LogP contribution is -2.33. The first-order valence-electron chi connectivity index (χ1n) is 10.4. The van der Waals surface area contributed by atoms with Gasteiger partial charge in [0.1, 0.15) is 5.82 Å². The molecule has 0 spiro atoms. The van der Waals surface area contributed by atoms with E-state index >= 15 is 0 Å². The molecular weight excluding hydrogens is 376 g/mol. The van der Waals surface area contributed by atoms with E-state index < -0.39 is 0 Å². The summed E-state index contributed by atoms with van der Waals surface area (Å²) in [5.74, 6) is 0.989. The molecule has 0 bridgehead atoms. The maximum Gasteiger partial charge on any atom is 0.225 e. The van der Waals surface area contributed by atoms with Gasteiger partial charge < -0.3 is 19.6 Å². The van der Waals surface area contributed by atoms with Crippen molar-refractivity contribution in [2.75, 3.05) is 13.7 Å². The largest absolute Gasteiger partial charge is 0.383 e. The number of H-pyrrole nitrogens is 1. The van der Waals surface area contributed by atoms with E-state index in [1.165, 1.54) is 0 Å². The Bertz CT molecular complexity index is 1130. The highest BCUT2D eigenvalue weighted by Gasteiger charge is 2.22. The van der Waals surface area contributed by atoms with E-state index in [-0.39, 0.29) is 17.9 Å². The van der Waals surface area contributed by atoms with Crippen LogP contribution in [-0.2, 0) is 22.5 Å². The molecule has 4 aromatic rings. The van der Waals surface area contributed by atoms with Gasteiger partial charge in [-0.3, -0.25) is 4.79 Å². The van der Waals surface area contributed by atoms with Crippen LogP contribution < -0.4 is 5.32 Å². The summed E-state index contributed by atoms with van der Waals surface area (Å²) in [5.41, 5.74) is 4.03. The first-order chi connectivity index (χ1) is 14.6. The number of ether oxygens (including phenoxy) is 1. The predicted molar refractivity (Wildman–Crippen MR) is 119 cm³/mol. The Morgan fingerprint density at radius 2 is 1.93 bits per heavy atom. The second-order valence-electron chi connectivity index (χ2n) is 7.96. The minimum Gasteiger partial charge on any atom is -0.383 e. The maximum atomic E-state index is 13.0. The predicted octanol–water partition coefficient (Wildman–Crippen LogP) is 4.22. The lowest BCUT2D eigenvalue weighted by atomic mass is 10.0. The Labute approximate surface area is 176 Å². The highest BCUT2D eigenvalue weighted by molar-refractivity contribution is 5.89. The Hall–Kier alpha value is -3.12. The zero-order valence-corrected chi connectivity index (χ0v) is 17.7.